The lowest BCUT2D eigenvalue weighted by Crippen LogP contribution is -2.25. The Morgan fingerprint density at radius 2 is 1.67 bits per heavy atom. The Balaban J connectivity index is 1.99. The predicted octanol–water partition coefficient (Wildman–Crippen LogP) is 2.98. The van der Waals surface area contributed by atoms with E-state index in [1.54, 1.807) is 0 Å². The molecule has 98 valence electrons. The summed E-state index contributed by atoms with van der Waals surface area (Å²) in [5.74, 6) is 0. The minimum atomic E-state index is 0.650. The Hall–Kier alpha value is -1.29. The van der Waals surface area contributed by atoms with Crippen molar-refractivity contribution in [1.29, 1.82) is 0 Å². The van der Waals surface area contributed by atoms with Gasteiger partial charge in [-0.25, -0.2) is 0 Å². The Morgan fingerprint density at radius 3 is 2.22 bits per heavy atom. The van der Waals surface area contributed by atoms with Crippen molar-refractivity contribution in [2.24, 2.45) is 0 Å². The molecule has 4 heteroatoms. The van der Waals surface area contributed by atoms with Crippen molar-refractivity contribution in [2.75, 3.05) is 30.4 Å². The fourth-order valence-corrected chi connectivity index (χ4v) is 2.40. The quantitative estimate of drug-likeness (QED) is 0.802. The van der Waals surface area contributed by atoms with E-state index in [4.69, 9.17) is 12.2 Å². The minimum Gasteiger partial charge on any atom is -0.372 e. The van der Waals surface area contributed by atoms with Crippen LogP contribution in [-0.4, -0.2) is 25.2 Å². The average Bonchev–Trinajstić information content (AvgIpc) is 2.68. The van der Waals surface area contributed by atoms with Crippen molar-refractivity contribution in [3.05, 3.63) is 24.3 Å². The summed E-state index contributed by atoms with van der Waals surface area (Å²) in [5, 5.41) is 6.70. The lowest BCUT2D eigenvalue weighted by Gasteiger charge is -2.22. The van der Waals surface area contributed by atoms with E-state index in [1.807, 2.05) is 7.05 Å². The standard InChI is InChI=1S/C14H21N3S/c1-15-14(18)16-12-6-8-13(9-7-12)17-10-4-2-3-5-11-17/h6-9H,2-5,10-11H2,1H3,(H2,15,16,18). The van der Waals surface area contributed by atoms with Crippen LogP contribution in [0.2, 0.25) is 0 Å². The molecule has 1 saturated heterocycles. The SMILES string of the molecule is CNC(=S)Nc1ccc(N2CCCCCC2)cc1. The Labute approximate surface area is 115 Å². The molecule has 0 unspecified atom stereocenters. The average molecular weight is 263 g/mol. The number of rotatable bonds is 2. The molecule has 0 bridgehead atoms. The smallest absolute Gasteiger partial charge is 0.170 e. The van der Waals surface area contributed by atoms with Crippen LogP contribution in [0.4, 0.5) is 11.4 Å². The van der Waals surface area contributed by atoms with Gasteiger partial charge in [-0.15, -0.1) is 0 Å². The van der Waals surface area contributed by atoms with Crippen LogP contribution in [0.25, 0.3) is 0 Å². The zero-order valence-electron chi connectivity index (χ0n) is 10.9. The van der Waals surface area contributed by atoms with Crippen molar-refractivity contribution < 1.29 is 0 Å². The summed E-state index contributed by atoms with van der Waals surface area (Å²) < 4.78 is 0. The molecule has 0 radical (unpaired) electrons. The molecule has 1 aromatic carbocycles. The van der Waals surface area contributed by atoms with E-state index in [0.717, 1.165) is 5.69 Å². The van der Waals surface area contributed by atoms with Gasteiger partial charge in [-0.1, -0.05) is 12.8 Å². The molecule has 0 aromatic heterocycles. The van der Waals surface area contributed by atoms with Gasteiger partial charge in [0.05, 0.1) is 0 Å². The molecule has 1 aromatic rings. The Bertz CT molecular complexity index is 381. The van der Waals surface area contributed by atoms with Crippen LogP contribution >= 0.6 is 12.2 Å². The first kappa shape index (κ1) is 13.1. The van der Waals surface area contributed by atoms with Gasteiger partial charge < -0.3 is 15.5 Å². The molecule has 2 rings (SSSR count). The number of hydrogen-bond acceptors (Lipinski definition) is 2. The van der Waals surface area contributed by atoms with E-state index >= 15 is 0 Å². The number of benzene rings is 1. The van der Waals surface area contributed by atoms with Crippen molar-refractivity contribution in [2.45, 2.75) is 25.7 Å². The number of anilines is 2. The van der Waals surface area contributed by atoms with E-state index in [9.17, 15) is 0 Å². The fraction of sp³-hybridized carbons (Fsp3) is 0.500. The van der Waals surface area contributed by atoms with Crippen LogP contribution in [0.5, 0.6) is 0 Å². The van der Waals surface area contributed by atoms with Gasteiger partial charge in [0, 0.05) is 31.5 Å². The molecule has 18 heavy (non-hydrogen) atoms. The van der Waals surface area contributed by atoms with E-state index < -0.39 is 0 Å². The normalized spacial score (nSPS) is 15.9. The van der Waals surface area contributed by atoms with Gasteiger partial charge >= 0.3 is 0 Å². The van der Waals surface area contributed by atoms with Crippen LogP contribution < -0.4 is 15.5 Å². The largest absolute Gasteiger partial charge is 0.372 e. The second-order valence-corrected chi connectivity index (χ2v) is 5.06. The molecule has 3 nitrogen and oxygen atoms in total. The maximum absolute atomic E-state index is 5.08. The Morgan fingerprint density at radius 1 is 1.06 bits per heavy atom. The van der Waals surface area contributed by atoms with Gasteiger partial charge in [0.15, 0.2) is 5.11 Å². The third-order valence-electron chi connectivity index (χ3n) is 3.32. The maximum Gasteiger partial charge on any atom is 0.170 e. The lowest BCUT2D eigenvalue weighted by atomic mass is 10.2. The zero-order chi connectivity index (χ0) is 12.8. The zero-order valence-corrected chi connectivity index (χ0v) is 11.7. The summed E-state index contributed by atoms with van der Waals surface area (Å²) in [6.07, 6.45) is 5.35. The molecular formula is C14H21N3S. The molecule has 1 aliphatic rings. The van der Waals surface area contributed by atoms with Crippen LogP contribution in [0.1, 0.15) is 25.7 Å². The molecule has 0 atom stereocenters. The summed E-state index contributed by atoms with van der Waals surface area (Å²) in [6.45, 7) is 2.36. The van der Waals surface area contributed by atoms with Crippen molar-refractivity contribution in [1.82, 2.24) is 5.32 Å². The van der Waals surface area contributed by atoms with Gasteiger partial charge in [0.25, 0.3) is 0 Å². The lowest BCUT2D eigenvalue weighted by molar-refractivity contribution is 0.726. The fourth-order valence-electron chi connectivity index (χ4n) is 2.28. The first-order chi connectivity index (χ1) is 8.79. The summed E-state index contributed by atoms with van der Waals surface area (Å²) in [4.78, 5) is 2.48. The molecule has 1 heterocycles. The van der Waals surface area contributed by atoms with E-state index in [-0.39, 0.29) is 0 Å². The Kier molecular flexibility index (Phi) is 4.81. The molecule has 1 aliphatic heterocycles. The summed E-state index contributed by atoms with van der Waals surface area (Å²) in [5.41, 5.74) is 2.35. The van der Waals surface area contributed by atoms with Crippen molar-refractivity contribution in [3.63, 3.8) is 0 Å². The third kappa shape index (κ3) is 3.60. The number of thiocarbonyl (C=S) groups is 1. The van der Waals surface area contributed by atoms with Crippen LogP contribution in [0.3, 0.4) is 0 Å². The highest BCUT2D eigenvalue weighted by Gasteiger charge is 2.09. The molecule has 0 amide bonds. The van der Waals surface area contributed by atoms with Crippen molar-refractivity contribution in [3.8, 4) is 0 Å². The van der Waals surface area contributed by atoms with Gasteiger partial charge in [-0.3, -0.25) is 0 Å². The molecular weight excluding hydrogens is 242 g/mol. The first-order valence-corrected chi connectivity index (χ1v) is 7.04. The number of hydrogen-bond donors (Lipinski definition) is 2. The summed E-state index contributed by atoms with van der Waals surface area (Å²) in [6, 6.07) is 8.52. The number of nitrogens with one attached hydrogen (secondary N) is 2. The molecule has 0 spiro atoms. The topological polar surface area (TPSA) is 27.3 Å². The second kappa shape index (κ2) is 6.59. The van der Waals surface area contributed by atoms with E-state index in [2.05, 4.69) is 39.8 Å². The van der Waals surface area contributed by atoms with Gasteiger partial charge in [0.1, 0.15) is 0 Å². The number of nitrogens with zero attached hydrogens (tertiary/aromatic N) is 1. The second-order valence-electron chi connectivity index (χ2n) is 4.65. The minimum absolute atomic E-state index is 0.650. The van der Waals surface area contributed by atoms with Crippen LogP contribution in [0.15, 0.2) is 24.3 Å². The highest BCUT2D eigenvalue weighted by Crippen LogP contribution is 2.21. The highest BCUT2D eigenvalue weighted by atomic mass is 32.1. The summed E-state index contributed by atoms with van der Waals surface area (Å²) >= 11 is 5.08. The van der Waals surface area contributed by atoms with Crippen LogP contribution in [0, 0.1) is 0 Å². The van der Waals surface area contributed by atoms with Gasteiger partial charge in [0.2, 0.25) is 0 Å². The molecule has 2 N–H and O–H groups in total. The first-order valence-electron chi connectivity index (χ1n) is 6.63. The summed E-state index contributed by atoms with van der Waals surface area (Å²) in [7, 11) is 1.82. The van der Waals surface area contributed by atoms with Crippen molar-refractivity contribution >= 4 is 28.7 Å². The van der Waals surface area contributed by atoms with E-state index in [1.165, 1.54) is 44.5 Å². The highest BCUT2D eigenvalue weighted by molar-refractivity contribution is 7.80. The van der Waals surface area contributed by atoms with Gasteiger partial charge in [-0.2, -0.15) is 0 Å². The van der Waals surface area contributed by atoms with E-state index in [0.29, 0.717) is 5.11 Å². The molecule has 1 fully saturated rings. The van der Waals surface area contributed by atoms with Gasteiger partial charge in [-0.05, 0) is 49.3 Å². The predicted molar refractivity (Wildman–Crippen MR) is 82.4 cm³/mol. The van der Waals surface area contributed by atoms with Crippen LogP contribution in [-0.2, 0) is 0 Å². The third-order valence-corrected chi connectivity index (χ3v) is 3.63. The monoisotopic (exact) mass is 263 g/mol. The maximum atomic E-state index is 5.08. The molecule has 0 saturated carbocycles. The molecule has 0 aliphatic carbocycles.